The van der Waals surface area contributed by atoms with Crippen molar-refractivity contribution in [1.82, 2.24) is 14.1 Å². The molecule has 1 aliphatic heterocycles. The molecule has 36 heavy (non-hydrogen) atoms. The van der Waals surface area contributed by atoms with E-state index in [4.69, 9.17) is 0 Å². The molecule has 6 rings (SSSR count). The van der Waals surface area contributed by atoms with E-state index < -0.39 is 0 Å². The second-order valence-corrected chi connectivity index (χ2v) is 12.6. The summed E-state index contributed by atoms with van der Waals surface area (Å²) in [5, 5.41) is 2.59. The number of benzene rings is 2. The monoisotopic (exact) mass is 481 g/mol. The number of aromatic nitrogens is 5. The van der Waals surface area contributed by atoms with Crippen molar-refractivity contribution in [2.24, 2.45) is 0 Å². The molecule has 4 heterocycles. The van der Waals surface area contributed by atoms with Gasteiger partial charge < -0.3 is 4.98 Å². The van der Waals surface area contributed by atoms with Gasteiger partial charge in [-0.1, -0.05) is 41.5 Å². The van der Waals surface area contributed by atoms with E-state index >= 15 is 0 Å². The highest BCUT2D eigenvalue weighted by Gasteiger charge is 2.26. The lowest BCUT2D eigenvalue weighted by atomic mass is 9.84. The Hall–Kier alpha value is -3.34. The first-order valence-electron chi connectivity index (χ1n) is 13.4. The number of aromatic amines is 1. The molecule has 0 unspecified atom stereocenters. The van der Waals surface area contributed by atoms with Crippen molar-refractivity contribution in [3.05, 3.63) is 72.8 Å². The summed E-state index contributed by atoms with van der Waals surface area (Å²) < 4.78 is 9.26. The highest BCUT2D eigenvalue weighted by atomic mass is 15.1. The van der Waals surface area contributed by atoms with Crippen molar-refractivity contribution >= 4 is 21.8 Å². The molecule has 5 nitrogen and oxygen atoms in total. The SMILES string of the molecule is CC(C)(C)c1cc2c3[nH]c4c(cc(C(C)(C)C)cc4c3c1)-n1cc[n+](c1)CCCCC[n+]1ccn-2c1. The van der Waals surface area contributed by atoms with Gasteiger partial charge in [-0.2, -0.15) is 0 Å². The standard InChI is InChI=1S/C31H39N5/c1-30(2,3)22-16-24-25-17-23(31(4,5)6)19-27-29(25)32-28(24)26(18-22)35-14-12-33(20-35)10-8-7-9-11-34-13-15-36(27)21-34/h12-21,32H,7-11H2,1-6H3/q+2. The van der Waals surface area contributed by atoms with Crippen LogP contribution in [-0.2, 0) is 23.9 Å². The number of hydrogen-bond acceptors (Lipinski definition) is 0. The van der Waals surface area contributed by atoms with Gasteiger partial charge in [0.2, 0.25) is 12.7 Å². The molecule has 0 fully saturated rings. The lowest BCUT2D eigenvalue weighted by Gasteiger charge is -2.20. The van der Waals surface area contributed by atoms with Crippen LogP contribution in [0.25, 0.3) is 33.2 Å². The van der Waals surface area contributed by atoms with Crippen molar-refractivity contribution in [3.63, 3.8) is 0 Å². The van der Waals surface area contributed by atoms with E-state index in [1.165, 1.54) is 63.6 Å². The van der Waals surface area contributed by atoms with E-state index in [9.17, 15) is 0 Å². The van der Waals surface area contributed by atoms with Gasteiger partial charge >= 0.3 is 0 Å². The van der Waals surface area contributed by atoms with E-state index in [0.717, 1.165) is 13.1 Å². The maximum atomic E-state index is 3.89. The van der Waals surface area contributed by atoms with Crippen molar-refractivity contribution in [2.75, 3.05) is 0 Å². The summed E-state index contributed by atoms with van der Waals surface area (Å²) in [6, 6.07) is 9.57. The summed E-state index contributed by atoms with van der Waals surface area (Å²) >= 11 is 0. The van der Waals surface area contributed by atoms with Gasteiger partial charge in [0.1, 0.15) is 24.8 Å². The molecule has 5 heteroatoms. The first-order valence-corrected chi connectivity index (χ1v) is 13.4. The minimum atomic E-state index is 0.0465. The van der Waals surface area contributed by atoms with Crippen LogP contribution >= 0.6 is 0 Å². The van der Waals surface area contributed by atoms with Crippen LogP contribution in [0.1, 0.15) is 71.9 Å². The number of rotatable bonds is 0. The summed E-state index contributed by atoms with van der Waals surface area (Å²) in [5.74, 6) is 0. The van der Waals surface area contributed by atoms with Crippen molar-refractivity contribution < 1.29 is 9.13 Å². The Kier molecular flexibility index (Phi) is 5.19. The van der Waals surface area contributed by atoms with Gasteiger partial charge in [0.25, 0.3) is 0 Å². The van der Waals surface area contributed by atoms with Crippen LogP contribution < -0.4 is 9.13 Å². The summed E-state index contributed by atoms with van der Waals surface area (Å²) in [4.78, 5) is 3.89. The number of aryl methyl sites for hydroxylation is 2. The smallest absolute Gasteiger partial charge is 0.249 e. The number of fused-ring (bicyclic) bond motifs is 7. The van der Waals surface area contributed by atoms with Gasteiger partial charge in [-0.15, -0.1) is 0 Å². The van der Waals surface area contributed by atoms with Crippen LogP contribution in [0.3, 0.4) is 0 Å². The molecule has 0 atom stereocenters. The second kappa shape index (κ2) is 8.09. The van der Waals surface area contributed by atoms with Gasteiger partial charge in [0, 0.05) is 10.8 Å². The molecule has 3 aromatic heterocycles. The third-order valence-corrected chi connectivity index (χ3v) is 7.78. The minimum absolute atomic E-state index is 0.0465. The second-order valence-electron chi connectivity index (χ2n) is 12.6. The van der Waals surface area contributed by atoms with Gasteiger partial charge in [-0.25, -0.2) is 18.3 Å². The van der Waals surface area contributed by atoms with E-state index in [1.54, 1.807) is 0 Å². The number of imidazole rings is 2. The van der Waals surface area contributed by atoms with Gasteiger partial charge in [0.05, 0.1) is 24.1 Å². The Bertz CT molecular complexity index is 1460. The molecule has 0 aliphatic carbocycles. The van der Waals surface area contributed by atoms with Gasteiger partial charge in [-0.3, -0.25) is 0 Å². The Morgan fingerprint density at radius 1 is 0.639 bits per heavy atom. The van der Waals surface area contributed by atoms with E-state index in [-0.39, 0.29) is 10.8 Å². The predicted molar refractivity (Wildman–Crippen MR) is 146 cm³/mol. The highest BCUT2D eigenvalue weighted by Crippen LogP contribution is 2.39. The van der Waals surface area contributed by atoms with Crippen molar-refractivity contribution in [1.29, 1.82) is 0 Å². The molecule has 0 saturated carbocycles. The number of hydrogen-bond donors (Lipinski definition) is 1. The van der Waals surface area contributed by atoms with Gasteiger partial charge in [-0.05, 0) is 65.5 Å². The number of nitrogens with zero attached hydrogens (tertiary/aromatic N) is 4. The Morgan fingerprint density at radius 2 is 1.08 bits per heavy atom. The molecular weight excluding hydrogens is 442 g/mol. The topological polar surface area (TPSA) is 33.4 Å². The number of nitrogens with one attached hydrogen (secondary N) is 1. The third kappa shape index (κ3) is 3.95. The first kappa shape index (κ1) is 23.1. The van der Waals surface area contributed by atoms with Crippen LogP contribution in [0, 0.1) is 0 Å². The maximum absolute atomic E-state index is 3.89. The average molecular weight is 482 g/mol. The minimum Gasteiger partial charge on any atom is -0.348 e. The zero-order chi connectivity index (χ0) is 25.2. The molecule has 0 saturated heterocycles. The Morgan fingerprint density at radius 3 is 1.50 bits per heavy atom. The van der Waals surface area contributed by atoms with Crippen molar-refractivity contribution in [2.45, 2.75) is 84.7 Å². The lowest BCUT2D eigenvalue weighted by Crippen LogP contribution is -2.32. The molecular formula is C31H39N5+2. The molecule has 2 aromatic carbocycles. The fourth-order valence-corrected chi connectivity index (χ4v) is 5.44. The molecule has 1 N–H and O–H groups in total. The molecule has 6 bridgehead atoms. The molecule has 0 amide bonds. The van der Waals surface area contributed by atoms with E-state index in [0.29, 0.717) is 0 Å². The fourth-order valence-electron chi connectivity index (χ4n) is 5.44. The number of H-pyrrole nitrogens is 1. The van der Waals surface area contributed by atoms with Crippen molar-refractivity contribution in [3.8, 4) is 11.4 Å². The lowest BCUT2D eigenvalue weighted by molar-refractivity contribution is -0.700. The normalized spacial score (nSPS) is 14.9. The summed E-state index contributed by atoms with van der Waals surface area (Å²) in [6.45, 7) is 15.9. The molecule has 5 aromatic rings. The Labute approximate surface area is 214 Å². The van der Waals surface area contributed by atoms with Gasteiger partial charge in [0.15, 0.2) is 11.4 Å². The van der Waals surface area contributed by atoms with Crippen LogP contribution in [0.4, 0.5) is 0 Å². The summed E-state index contributed by atoms with van der Waals surface area (Å²) in [6.07, 6.45) is 17.0. The molecule has 186 valence electrons. The average Bonchev–Trinajstić information content (AvgIpc) is 3.54. The van der Waals surface area contributed by atoms with E-state index in [1.807, 2.05) is 0 Å². The van der Waals surface area contributed by atoms with Crippen LogP contribution in [0.5, 0.6) is 0 Å². The van der Waals surface area contributed by atoms with Crippen LogP contribution in [-0.4, -0.2) is 14.1 Å². The maximum Gasteiger partial charge on any atom is 0.249 e. The predicted octanol–water partition coefficient (Wildman–Crippen LogP) is 6.26. The van der Waals surface area contributed by atoms with Crippen LogP contribution in [0.15, 0.2) is 61.7 Å². The first-order chi connectivity index (χ1) is 17.1. The summed E-state index contributed by atoms with van der Waals surface area (Å²) in [7, 11) is 0. The largest absolute Gasteiger partial charge is 0.348 e. The zero-order valence-electron chi connectivity index (χ0n) is 22.6. The van der Waals surface area contributed by atoms with Crippen LogP contribution in [0.2, 0.25) is 0 Å². The fraction of sp³-hybridized carbons (Fsp3) is 0.419. The zero-order valence-corrected chi connectivity index (χ0v) is 22.6. The highest BCUT2D eigenvalue weighted by molar-refractivity contribution is 6.12. The molecule has 0 radical (unpaired) electrons. The third-order valence-electron chi connectivity index (χ3n) is 7.78. The summed E-state index contributed by atoms with van der Waals surface area (Å²) in [5.41, 5.74) is 7.61. The Balaban J connectivity index is 1.74. The quantitative estimate of drug-likeness (QED) is 0.254. The molecule has 0 spiro atoms. The molecule has 1 aliphatic rings. The van der Waals surface area contributed by atoms with E-state index in [2.05, 4.69) is 127 Å².